The van der Waals surface area contributed by atoms with Gasteiger partial charge in [-0.25, -0.2) is 15.0 Å². The van der Waals surface area contributed by atoms with Crippen molar-refractivity contribution in [3.8, 4) is 103 Å². The van der Waals surface area contributed by atoms with Crippen molar-refractivity contribution in [2.24, 2.45) is 0 Å². The predicted octanol–water partition coefficient (Wildman–Crippen LogP) is 27.2. The Hall–Kier alpha value is -11.6. The number of aryl methyl sites for hydroxylation is 4. The molecule has 0 saturated carbocycles. The van der Waals surface area contributed by atoms with Crippen LogP contribution in [0, 0.1) is 13.8 Å². The Kier molecular flexibility index (Phi) is 33.0. The molecule has 23 nitrogen and oxygen atoms in total. The highest BCUT2D eigenvalue weighted by molar-refractivity contribution is 6.31. The predicted molar refractivity (Wildman–Crippen MR) is 528 cm³/mol. The van der Waals surface area contributed by atoms with Crippen LogP contribution in [0.3, 0.4) is 0 Å². The molecule has 16 aromatic rings. The number of hydrogen-bond acceptors (Lipinski definition) is 14. The highest BCUT2D eigenvalue weighted by Gasteiger charge is 2.33. The fourth-order valence-electron chi connectivity index (χ4n) is 16.5. The molecule has 0 atom stereocenters. The summed E-state index contributed by atoms with van der Waals surface area (Å²) in [6.45, 7) is 32.4. The van der Waals surface area contributed by atoms with Gasteiger partial charge in [0.15, 0.2) is 17.5 Å². The van der Waals surface area contributed by atoms with Gasteiger partial charge in [-0.3, -0.25) is 4.79 Å². The van der Waals surface area contributed by atoms with E-state index in [1.807, 2.05) is 101 Å². The normalized spacial score (nSPS) is 11.9. The van der Waals surface area contributed by atoms with Crippen molar-refractivity contribution >= 4 is 62.3 Å². The lowest BCUT2D eigenvalue weighted by Gasteiger charge is -2.22. The van der Waals surface area contributed by atoms with Crippen LogP contribution < -0.4 is 18.9 Å². The zero-order valence-corrected chi connectivity index (χ0v) is 80.9. The summed E-state index contributed by atoms with van der Waals surface area (Å²) in [4.78, 5) is 32.6. The standard InChI is InChI=1S/C37H47N3O6.C27H36ClN3O3.C25H35N3O.C17H18ClN3O/c1-5-9-19-43-26-13-16-29(32(41)23-26)35-38-36(30-17-14-27(24-33(30)42)44-20-10-6-2)40-37(39-35)31-18-15-28(45-21-11-7-3)25-34(31)46-22-12-8-4;1-5-6-7-8-9-10-15-34-25(32)14-11-19-16-21(27(2,3)4)26(33)24(17-19)31-29-22-13-12-20(28)18-23(22)30(29)31;1-3-4-5-6-7-8-9-10-11-12-15-21-18-20(2)19-24(25(21)29)28-26-22-16-13-14-17-23(22)27(26)28;1-10-7-12(17(2,3)4)16(22)15(8-10)21-19-13-6-5-11(18)9-14(13)20(19)21/h13-18,23-25,41-42H,5-12,19-22H2,1-4H3;12-13,16-18,33H,5-11,14-15H2,1-4H3;13-14,16-19,29H,3-12,15H2,1-2H3;5-9,22H,1-4H3. The quantitative estimate of drug-likeness (QED) is 0.0176. The summed E-state index contributed by atoms with van der Waals surface area (Å²) in [5.41, 5.74) is 16.3. The number of ether oxygens (including phenoxy) is 5. The van der Waals surface area contributed by atoms with E-state index < -0.39 is 0 Å². The van der Waals surface area contributed by atoms with Crippen LogP contribution in [0.2, 0.25) is 10.0 Å². The monoisotopic (exact) mass is 1820 g/mol. The van der Waals surface area contributed by atoms with Crippen molar-refractivity contribution in [1.29, 1.82) is 0 Å². The van der Waals surface area contributed by atoms with E-state index in [9.17, 15) is 30.3 Å². The summed E-state index contributed by atoms with van der Waals surface area (Å²) in [7, 11) is 0. The third kappa shape index (κ3) is 23.7. The second-order valence-electron chi connectivity index (χ2n) is 36.9. The molecule has 7 aromatic heterocycles. The number of halogens is 2. The van der Waals surface area contributed by atoms with Crippen LogP contribution in [0.15, 0.2) is 152 Å². The van der Waals surface area contributed by atoms with Crippen molar-refractivity contribution in [3.05, 3.63) is 195 Å². The molecule has 0 saturated heterocycles. The fourth-order valence-corrected chi connectivity index (χ4v) is 16.8. The lowest BCUT2D eigenvalue weighted by atomic mass is 9.84. The maximum atomic E-state index is 12.3. The Labute approximate surface area is 780 Å². The van der Waals surface area contributed by atoms with Gasteiger partial charge in [0.1, 0.15) is 102 Å². The van der Waals surface area contributed by atoms with Gasteiger partial charge in [-0.05, 0) is 201 Å². The zero-order valence-electron chi connectivity index (χ0n) is 79.4. The molecule has 131 heavy (non-hydrogen) atoms. The molecule has 0 fully saturated rings. The number of benzene rings is 9. The van der Waals surface area contributed by atoms with E-state index in [0.29, 0.717) is 119 Å². The molecule has 7 heterocycles. The van der Waals surface area contributed by atoms with Crippen LogP contribution in [0.5, 0.6) is 51.7 Å². The number of nitrogens with zero attached hydrogens (tertiary/aromatic N) is 12. The summed E-state index contributed by atoms with van der Waals surface area (Å²) in [5.74, 6) is 4.02. The molecule has 9 aromatic carbocycles. The second-order valence-corrected chi connectivity index (χ2v) is 37.8. The highest BCUT2D eigenvalue weighted by Crippen LogP contribution is 2.45. The van der Waals surface area contributed by atoms with Crippen LogP contribution in [0.25, 0.3) is 84.3 Å². The third-order valence-corrected chi connectivity index (χ3v) is 24.5. The van der Waals surface area contributed by atoms with Crippen LogP contribution in [-0.4, -0.2) is 122 Å². The number of hydrogen-bond donors (Lipinski definition) is 5. The summed E-state index contributed by atoms with van der Waals surface area (Å²) >= 11 is 12.2. The number of carbonyl (C=O) groups excluding carboxylic acids is 1. The first-order chi connectivity index (χ1) is 63.2. The fraction of sp³-hybridized carbons (Fsp3) is 0.453. The SMILES string of the molecule is CCCCCCCCCCCCc1cc(C)cc(-n2n3c4ccccc4n23)c1O.CCCCCCCCOC(=O)CCc1cc(-n2n3c4ccc(Cl)cc4n23)c(O)c(C(C)(C)C)c1.CCCCOc1ccc(-c2nc(-c3ccc(OCCCC)cc3O)nc(-c3ccc(OCCCC)cc3OCCCC)n2)c(O)c1.Cc1cc(-n2n3c4ccc(Cl)cc4n23)c(O)c(C(C)(C)C)c1. The molecule has 0 bridgehead atoms. The van der Waals surface area contributed by atoms with Gasteiger partial charge < -0.3 is 49.2 Å². The van der Waals surface area contributed by atoms with E-state index in [-0.39, 0.29) is 45.7 Å². The Bertz CT molecular complexity index is 6230. The van der Waals surface area contributed by atoms with Gasteiger partial charge in [0.25, 0.3) is 0 Å². The van der Waals surface area contributed by atoms with Gasteiger partial charge in [-0.2, -0.15) is 0 Å². The molecule has 0 unspecified atom stereocenters. The van der Waals surface area contributed by atoms with Gasteiger partial charge in [0, 0.05) is 45.8 Å². The van der Waals surface area contributed by atoms with Crippen LogP contribution >= 0.6 is 23.2 Å². The smallest absolute Gasteiger partial charge is 0.306 e. The highest BCUT2D eigenvalue weighted by atomic mass is 35.5. The summed E-state index contributed by atoms with van der Waals surface area (Å²) in [6, 6.07) is 47.9. The maximum Gasteiger partial charge on any atom is 0.306 e. The van der Waals surface area contributed by atoms with E-state index in [0.717, 1.165) is 138 Å². The van der Waals surface area contributed by atoms with Crippen molar-refractivity contribution in [2.45, 2.75) is 281 Å². The minimum Gasteiger partial charge on any atom is -0.507 e. The summed E-state index contributed by atoms with van der Waals surface area (Å²) in [5, 5.41) is 56.3. The molecular formula is C106H136Cl2N12O11. The number of phenols is 5. The summed E-state index contributed by atoms with van der Waals surface area (Å²) in [6.07, 6.45) is 29.9. The molecule has 16 rings (SSSR count). The number of rotatable bonds is 43. The molecule has 0 aliphatic carbocycles. The molecule has 5 N–H and O–H groups in total. The van der Waals surface area contributed by atoms with E-state index in [1.165, 1.54) is 100 Å². The van der Waals surface area contributed by atoms with Crippen LogP contribution in [0.1, 0.15) is 277 Å². The molecule has 0 amide bonds. The average molecular weight is 1830 g/mol. The number of para-hydroxylation sites is 2. The minimum atomic E-state index is -0.247. The van der Waals surface area contributed by atoms with Gasteiger partial charge >= 0.3 is 5.97 Å². The van der Waals surface area contributed by atoms with Crippen LogP contribution in [-0.2, 0) is 33.2 Å². The van der Waals surface area contributed by atoms with Gasteiger partial charge in [-0.1, -0.05) is 252 Å². The van der Waals surface area contributed by atoms with E-state index in [2.05, 4.69) is 153 Å². The van der Waals surface area contributed by atoms with Crippen molar-refractivity contribution in [3.63, 3.8) is 0 Å². The average Bonchev–Trinajstić information content (AvgIpc) is 1.52. The van der Waals surface area contributed by atoms with Crippen molar-refractivity contribution in [2.75, 3.05) is 33.0 Å². The van der Waals surface area contributed by atoms with Crippen LogP contribution in [0.4, 0.5) is 0 Å². The molecule has 0 aliphatic rings. The largest absolute Gasteiger partial charge is 0.507 e. The first-order valence-corrected chi connectivity index (χ1v) is 48.6. The molecule has 700 valence electrons. The summed E-state index contributed by atoms with van der Waals surface area (Å²) < 4.78 is 41.4. The number of esters is 1. The molecule has 0 radical (unpaired) electrons. The van der Waals surface area contributed by atoms with Crippen molar-refractivity contribution in [1.82, 2.24) is 57.1 Å². The first kappa shape index (κ1) is 97.0. The minimum absolute atomic E-state index is 0.0277. The van der Waals surface area contributed by atoms with Gasteiger partial charge in [-0.15, -0.1) is 42.2 Å². The van der Waals surface area contributed by atoms with Gasteiger partial charge in [0.05, 0.1) is 49.7 Å². The third-order valence-electron chi connectivity index (χ3n) is 24.0. The lowest BCUT2D eigenvalue weighted by Crippen LogP contribution is -2.13. The number of unbranched alkanes of at least 4 members (excludes halogenated alkanes) is 18. The number of aromatic nitrogens is 12. The number of aromatic hydroxyl groups is 5. The van der Waals surface area contributed by atoms with Gasteiger partial charge in [0.2, 0.25) is 0 Å². The molecular weight excluding hydrogens is 1690 g/mol. The molecule has 0 aliphatic heterocycles. The number of carbonyl (C=O) groups is 1. The first-order valence-electron chi connectivity index (χ1n) is 47.9. The maximum absolute atomic E-state index is 12.3. The Morgan fingerprint density at radius 2 is 0.725 bits per heavy atom. The van der Waals surface area contributed by atoms with E-state index in [1.54, 1.807) is 36.4 Å². The van der Waals surface area contributed by atoms with Crippen molar-refractivity contribution < 1.29 is 54.0 Å². The Morgan fingerprint density at radius 3 is 1.18 bits per heavy atom. The van der Waals surface area contributed by atoms with E-state index >= 15 is 0 Å². The lowest BCUT2D eigenvalue weighted by molar-refractivity contribution is -0.143. The zero-order chi connectivity index (χ0) is 93.2. The Balaban J connectivity index is 0.000000153. The molecule has 0 spiro atoms. The Morgan fingerprint density at radius 1 is 0.351 bits per heavy atom. The van der Waals surface area contributed by atoms with E-state index in [4.69, 9.17) is 61.8 Å². The molecule has 25 heteroatoms. The number of phenolic OH excluding ortho intramolecular Hbond substituents is 5. The second kappa shape index (κ2) is 44.6. The topological polar surface area (TPSA) is 244 Å². The number of fused-ring (bicyclic) bond motifs is 12.